The highest BCUT2D eigenvalue weighted by atomic mass is 16.5. The van der Waals surface area contributed by atoms with Crippen molar-refractivity contribution in [1.29, 1.82) is 0 Å². The molecule has 0 atom stereocenters. The van der Waals surface area contributed by atoms with Crippen molar-refractivity contribution in [1.82, 2.24) is 5.32 Å². The molecule has 0 saturated heterocycles. The SMILES string of the molecule is O=C1NC(=O)C2=C1/C=C/C=N/C=C\CO\C=C/N=C/C=C/2. The van der Waals surface area contributed by atoms with Gasteiger partial charge in [0.25, 0.3) is 11.8 Å². The lowest BCUT2D eigenvalue weighted by molar-refractivity contribution is -0.123. The number of nitrogens with zero attached hydrogens (tertiary/aromatic N) is 2. The van der Waals surface area contributed by atoms with Gasteiger partial charge in [-0.15, -0.1) is 0 Å². The van der Waals surface area contributed by atoms with Crippen molar-refractivity contribution in [2.75, 3.05) is 6.61 Å². The molecule has 2 amide bonds. The number of ether oxygens (including phenoxy) is 1. The zero-order valence-corrected chi connectivity index (χ0v) is 11.1. The first kappa shape index (κ1) is 14.4. The summed E-state index contributed by atoms with van der Waals surface area (Å²) in [6.07, 6.45) is 15.5. The molecule has 0 unspecified atom stereocenters. The fourth-order valence-electron chi connectivity index (χ4n) is 1.58. The van der Waals surface area contributed by atoms with Gasteiger partial charge in [0.05, 0.1) is 17.3 Å². The van der Waals surface area contributed by atoms with E-state index in [-0.39, 0.29) is 0 Å². The fraction of sp³-hybridized carbons (Fsp3) is 0.0667. The summed E-state index contributed by atoms with van der Waals surface area (Å²) < 4.78 is 5.12. The number of allylic oxidation sites excluding steroid dienone is 2. The maximum atomic E-state index is 11.7. The average Bonchev–Trinajstić information content (AvgIpc) is 2.72. The van der Waals surface area contributed by atoms with E-state index in [1.807, 2.05) is 0 Å². The van der Waals surface area contributed by atoms with Crippen LogP contribution in [0.25, 0.3) is 0 Å². The first-order valence-corrected chi connectivity index (χ1v) is 6.20. The van der Waals surface area contributed by atoms with Gasteiger partial charge in [-0.1, -0.05) is 0 Å². The normalized spacial score (nSPS) is 28.0. The summed E-state index contributed by atoms with van der Waals surface area (Å²) >= 11 is 0. The zero-order valence-electron chi connectivity index (χ0n) is 11.1. The predicted octanol–water partition coefficient (Wildman–Crippen LogP) is 1.21. The molecule has 0 fully saturated rings. The largest absolute Gasteiger partial charge is 0.495 e. The lowest BCUT2D eigenvalue weighted by Gasteiger charge is -1.92. The lowest BCUT2D eigenvalue weighted by atomic mass is 10.1. The molecule has 2 aliphatic heterocycles. The molecule has 106 valence electrons. The molecule has 2 aliphatic rings. The number of amides is 2. The van der Waals surface area contributed by atoms with Gasteiger partial charge in [0.2, 0.25) is 0 Å². The number of carbonyl (C=O) groups excluding carboxylic acids is 2. The van der Waals surface area contributed by atoms with E-state index in [2.05, 4.69) is 15.3 Å². The van der Waals surface area contributed by atoms with Crippen molar-refractivity contribution < 1.29 is 14.3 Å². The highest BCUT2D eigenvalue weighted by Crippen LogP contribution is 2.15. The topological polar surface area (TPSA) is 80.1 Å². The van der Waals surface area contributed by atoms with Crippen LogP contribution in [0.3, 0.4) is 0 Å². The second-order valence-electron chi connectivity index (χ2n) is 3.93. The molecule has 0 aromatic carbocycles. The summed E-state index contributed by atoms with van der Waals surface area (Å²) in [4.78, 5) is 31.2. The Kier molecular flexibility index (Phi) is 5.17. The van der Waals surface area contributed by atoms with E-state index < -0.39 is 11.8 Å². The van der Waals surface area contributed by atoms with Gasteiger partial charge in [-0.2, -0.15) is 0 Å². The second-order valence-corrected chi connectivity index (χ2v) is 3.93. The van der Waals surface area contributed by atoms with Crippen molar-refractivity contribution in [2.24, 2.45) is 9.98 Å². The van der Waals surface area contributed by atoms with Crippen molar-refractivity contribution in [3.8, 4) is 0 Å². The number of aliphatic imine (C=N–C) groups is 2. The smallest absolute Gasteiger partial charge is 0.258 e. The molecule has 6 heteroatoms. The number of imide groups is 1. The van der Waals surface area contributed by atoms with Crippen LogP contribution in [0.2, 0.25) is 0 Å². The Balaban J connectivity index is 2.30. The molecule has 0 radical (unpaired) electrons. The highest BCUT2D eigenvalue weighted by molar-refractivity contribution is 6.22. The number of rotatable bonds is 0. The van der Waals surface area contributed by atoms with E-state index in [4.69, 9.17) is 4.74 Å². The molecule has 0 aromatic rings. The zero-order chi connectivity index (χ0) is 14.9. The Bertz CT molecular complexity index is 581. The first-order valence-electron chi connectivity index (χ1n) is 6.20. The average molecular weight is 283 g/mol. The van der Waals surface area contributed by atoms with Crippen LogP contribution in [-0.2, 0) is 14.3 Å². The minimum Gasteiger partial charge on any atom is -0.495 e. The van der Waals surface area contributed by atoms with E-state index in [9.17, 15) is 9.59 Å². The molecule has 2 heterocycles. The van der Waals surface area contributed by atoms with Gasteiger partial charge in [0.1, 0.15) is 12.9 Å². The molecule has 21 heavy (non-hydrogen) atoms. The molecule has 0 aromatic heterocycles. The van der Waals surface area contributed by atoms with Gasteiger partial charge in [0, 0.05) is 18.6 Å². The van der Waals surface area contributed by atoms with Gasteiger partial charge in [-0.05, 0) is 30.4 Å². The van der Waals surface area contributed by atoms with Gasteiger partial charge in [-0.3, -0.25) is 24.9 Å². The van der Waals surface area contributed by atoms with E-state index >= 15 is 0 Å². The van der Waals surface area contributed by atoms with Gasteiger partial charge in [0.15, 0.2) is 0 Å². The minimum atomic E-state index is -0.430. The van der Waals surface area contributed by atoms with Crippen LogP contribution in [0, 0.1) is 0 Å². The van der Waals surface area contributed by atoms with Crippen molar-refractivity contribution >= 4 is 24.2 Å². The Morgan fingerprint density at radius 3 is 2.24 bits per heavy atom. The minimum absolute atomic E-state index is 0.291. The predicted molar refractivity (Wildman–Crippen MR) is 79.7 cm³/mol. The molecule has 1 N–H and O–H groups in total. The molecule has 0 bridgehead atoms. The maximum Gasteiger partial charge on any atom is 0.258 e. The number of nitrogens with one attached hydrogen (secondary N) is 1. The Morgan fingerprint density at radius 1 is 0.952 bits per heavy atom. The van der Waals surface area contributed by atoms with Gasteiger partial charge in [-0.25, -0.2) is 0 Å². The Hall–Kier alpha value is -3.02. The molecular weight excluding hydrogens is 270 g/mol. The molecule has 2 rings (SSSR count). The van der Waals surface area contributed by atoms with Crippen LogP contribution in [0.15, 0.2) is 70.2 Å². The van der Waals surface area contributed by atoms with Crippen LogP contribution in [0.4, 0.5) is 0 Å². The van der Waals surface area contributed by atoms with Gasteiger partial charge >= 0.3 is 0 Å². The molecular formula is C15H13N3O3. The molecule has 6 nitrogen and oxygen atoms in total. The monoisotopic (exact) mass is 283 g/mol. The van der Waals surface area contributed by atoms with Crippen LogP contribution in [0.5, 0.6) is 0 Å². The highest BCUT2D eigenvalue weighted by Gasteiger charge is 2.26. The van der Waals surface area contributed by atoms with Gasteiger partial charge < -0.3 is 4.74 Å². The van der Waals surface area contributed by atoms with E-state index in [1.165, 1.54) is 37.0 Å². The Labute approximate surface area is 121 Å². The van der Waals surface area contributed by atoms with Crippen molar-refractivity contribution in [3.05, 3.63) is 60.2 Å². The van der Waals surface area contributed by atoms with E-state index in [0.29, 0.717) is 17.8 Å². The van der Waals surface area contributed by atoms with Crippen LogP contribution in [-0.4, -0.2) is 30.9 Å². The Morgan fingerprint density at radius 2 is 1.57 bits per heavy atom. The quantitative estimate of drug-likeness (QED) is 0.678. The molecule has 0 spiro atoms. The van der Waals surface area contributed by atoms with Crippen LogP contribution >= 0.6 is 0 Å². The summed E-state index contributed by atoms with van der Waals surface area (Å²) in [5.41, 5.74) is 0.588. The third kappa shape index (κ3) is 4.24. The summed E-state index contributed by atoms with van der Waals surface area (Å²) in [6.45, 7) is 0.384. The van der Waals surface area contributed by atoms with Crippen LogP contribution in [0.1, 0.15) is 0 Å². The fourth-order valence-corrected chi connectivity index (χ4v) is 1.58. The second kappa shape index (κ2) is 7.54. The van der Waals surface area contributed by atoms with Crippen LogP contribution < -0.4 is 5.32 Å². The van der Waals surface area contributed by atoms with E-state index in [0.717, 1.165) is 0 Å². The summed E-state index contributed by atoms with van der Waals surface area (Å²) in [5.74, 6) is -0.854. The third-order valence-corrected chi connectivity index (χ3v) is 2.50. The van der Waals surface area contributed by atoms with Crippen molar-refractivity contribution in [2.45, 2.75) is 0 Å². The standard InChI is InChI=1S/C15H13N3O3/c19-14-12-4-1-6-16-8-3-10-21-11-9-17-7-2-5-13(12)15(20)18-14/h1-9,11H,10H2,(H,18,19,20)/b4-1+,5-2+,8-3-,11-9-,16-6+,17-7+. The summed E-state index contributed by atoms with van der Waals surface area (Å²) in [6, 6.07) is 0. The molecule has 0 saturated carbocycles. The summed E-state index contributed by atoms with van der Waals surface area (Å²) in [5, 5.41) is 2.24. The first-order chi connectivity index (χ1) is 10.3. The third-order valence-electron chi connectivity index (χ3n) is 2.50. The summed E-state index contributed by atoms with van der Waals surface area (Å²) in [7, 11) is 0. The van der Waals surface area contributed by atoms with Crippen molar-refractivity contribution in [3.63, 3.8) is 0 Å². The number of carbonyl (C=O) groups is 2. The molecule has 0 aliphatic carbocycles. The maximum absolute atomic E-state index is 11.7. The van der Waals surface area contributed by atoms with E-state index in [1.54, 1.807) is 24.4 Å². The number of hydrogen-bond acceptors (Lipinski definition) is 5. The number of hydrogen-bond donors (Lipinski definition) is 1. The lowest BCUT2D eigenvalue weighted by Crippen LogP contribution is -2.22.